The quantitative estimate of drug-likeness (QED) is 0.609. The summed E-state index contributed by atoms with van der Waals surface area (Å²) in [6, 6.07) is 12.1. The van der Waals surface area contributed by atoms with E-state index >= 15 is 0 Å². The van der Waals surface area contributed by atoms with Crippen LogP contribution in [0.3, 0.4) is 0 Å². The second-order valence-corrected chi connectivity index (χ2v) is 9.28. The van der Waals surface area contributed by atoms with Crippen LogP contribution in [-0.4, -0.2) is 46.1 Å². The zero-order chi connectivity index (χ0) is 22.4. The molecule has 0 aromatic heterocycles. The van der Waals surface area contributed by atoms with Crippen molar-refractivity contribution < 1.29 is 18.0 Å². The van der Waals surface area contributed by atoms with Gasteiger partial charge in [-0.25, -0.2) is 8.42 Å². The summed E-state index contributed by atoms with van der Waals surface area (Å²) in [6.45, 7) is 3.70. The van der Waals surface area contributed by atoms with Gasteiger partial charge in [0.15, 0.2) is 0 Å². The fraction of sp³-hybridized carbons (Fsp3) is 0.364. The van der Waals surface area contributed by atoms with Gasteiger partial charge >= 0.3 is 0 Å². The number of nitrogens with zero attached hydrogens (tertiary/aromatic N) is 1. The molecule has 1 saturated heterocycles. The van der Waals surface area contributed by atoms with Crippen molar-refractivity contribution in [2.45, 2.75) is 26.2 Å². The van der Waals surface area contributed by atoms with Gasteiger partial charge < -0.3 is 15.5 Å². The van der Waals surface area contributed by atoms with Crippen LogP contribution in [0.2, 0.25) is 0 Å². The number of anilines is 3. The van der Waals surface area contributed by atoms with Crippen molar-refractivity contribution in [3.63, 3.8) is 0 Å². The van der Waals surface area contributed by atoms with Crippen molar-refractivity contribution in [1.29, 1.82) is 0 Å². The molecule has 1 fully saturated rings. The van der Waals surface area contributed by atoms with Crippen molar-refractivity contribution in [2.75, 3.05) is 40.8 Å². The van der Waals surface area contributed by atoms with Gasteiger partial charge in [-0.1, -0.05) is 6.07 Å². The summed E-state index contributed by atoms with van der Waals surface area (Å²) in [5.74, 6) is -1.70. The Morgan fingerprint density at radius 2 is 1.68 bits per heavy atom. The van der Waals surface area contributed by atoms with E-state index in [1.54, 1.807) is 37.3 Å². The summed E-state index contributed by atoms with van der Waals surface area (Å²) >= 11 is 0. The Hall–Kier alpha value is -3.07. The van der Waals surface area contributed by atoms with E-state index in [0.717, 1.165) is 31.6 Å². The fourth-order valence-corrected chi connectivity index (χ4v) is 4.60. The number of amides is 2. The van der Waals surface area contributed by atoms with Gasteiger partial charge in [-0.05, 0) is 68.1 Å². The molecule has 3 N–H and O–H groups in total. The average Bonchev–Trinajstić information content (AvgIpc) is 2.75. The Bertz CT molecular complexity index is 1050. The summed E-state index contributed by atoms with van der Waals surface area (Å²) in [7, 11) is -2.37. The van der Waals surface area contributed by atoms with Crippen molar-refractivity contribution >= 4 is 38.9 Å². The number of rotatable bonds is 7. The second-order valence-electron chi connectivity index (χ2n) is 7.56. The lowest BCUT2D eigenvalue weighted by atomic mass is 10.1. The van der Waals surface area contributed by atoms with Crippen LogP contribution in [0.1, 0.15) is 35.2 Å². The molecule has 166 valence electrons. The van der Waals surface area contributed by atoms with Crippen molar-refractivity contribution in [3.05, 3.63) is 53.6 Å². The standard InChI is InChI=1S/C22H28N4O4S/c1-16-19(22(28)23-2)7-6-8-20(16)24-21(27)15-31(29,30)25-17-9-11-18(12-10-17)26-13-4-3-5-14-26/h6-12,25H,3-5,13-15H2,1-2H3,(H,23,28)(H,24,27). The molecule has 0 unspecified atom stereocenters. The summed E-state index contributed by atoms with van der Waals surface area (Å²) < 4.78 is 27.3. The molecule has 1 aliphatic heterocycles. The molecule has 2 aromatic rings. The molecule has 9 heteroatoms. The molecule has 8 nitrogen and oxygen atoms in total. The van der Waals surface area contributed by atoms with Crippen LogP contribution >= 0.6 is 0 Å². The maximum absolute atomic E-state index is 12.4. The van der Waals surface area contributed by atoms with Crippen LogP contribution in [0, 0.1) is 6.92 Å². The fourth-order valence-electron chi connectivity index (χ4n) is 3.62. The summed E-state index contributed by atoms with van der Waals surface area (Å²) in [6.07, 6.45) is 3.57. The molecule has 3 rings (SSSR count). The van der Waals surface area contributed by atoms with E-state index in [1.807, 2.05) is 12.1 Å². The Balaban J connectivity index is 1.61. The summed E-state index contributed by atoms with van der Waals surface area (Å²) in [4.78, 5) is 26.5. The van der Waals surface area contributed by atoms with Crippen LogP contribution in [-0.2, 0) is 14.8 Å². The van der Waals surface area contributed by atoms with E-state index in [-0.39, 0.29) is 5.91 Å². The predicted molar refractivity (Wildman–Crippen MR) is 123 cm³/mol. The van der Waals surface area contributed by atoms with Gasteiger partial charge in [0.25, 0.3) is 5.91 Å². The van der Waals surface area contributed by atoms with E-state index in [4.69, 9.17) is 0 Å². The highest BCUT2D eigenvalue weighted by Crippen LogP contribution is 2.23. The van der Waals surface area contributed by atoms with E-state index in [1.165, 1.54) is 13.5 Å². The topological polar surface area (TPSA) is 108 Å². The van der Waals surface area contributed by atoms with E-state index < -0.39 is 21.7 Å². The van der Waals surface area contributed by atoms with Crippen LogP contribution in [0.25, 0.3) is 0 Å². The number of sulfonamides is 1. The third kappa shape index (κ3) is 5.97. The average molecular weight is 445 g/mol. The zero-order valence-electron chi connectivity index (χ0n) is 17.8. The number of nitrogens with one attached hydrogen (secondary N) is 3. The molecule has 0 bridgehead atoms. The first-order chi connectivity index (χ1) is 14.8. The van der Waals surface area contributed by atoms with Gasteiger partial charge in [0, 0.05) is 42.8 Å². The van der Waals surface area contributed by atoms with Crippen LogP contribution < -0.4 is 20.3 Å². The van der Waals surface area contributed by atoms with Crippen molar-refractivity contribution in [3.8, 4) is 0 Å². The van der Waals surface area contributed by atoms with Gasteiger partial charge in [-0.2, -0.15) is 0 Å². The second kappa shape index (κ2) is 9.82. The molecule has 2 amide bonds. The molecule has 0 radical (unpaired) electrons. The lowest BCUT2D eigenvalue weighted by Gasteiger charge is -2.28. The Morgan fingerprint density at radius 1 is 1.00 bits per heavy atom. The maximum atomic E-state index is 12.4. The summed E-state index contributed by atoms with van der Waals surface area (Å²) in [5.41, 5.74) is 2.84. The van der Waals surface area contributed by atoms with Gasteiger partial charge in [0.05, 0.1) is 0 Å². The predicted octanol–water partition coefficient (Wildman–Crippen LogP) is 2.73. The number of piperidine rings is 1. The molecule has 31 heavy (non-hydrogen) atoms. The third-order valence-electron chi connectivity index (χ3n) is 5.26. The normalized spacial score (nSPS) is 14.1. The minimum Gasteiger partial charge on any atom is -0.372 e. The highest BCUT2D eigenvalue weighted by Gasteiger charge is 2.19. The monoisotopic (exact) mass is 444 g/mol. The van der Waals surface area contributed by atoms with E-state index in [2.05, 4.69) is 20.3 Å². The van der Waals surface area contributed by atoms with Crippen LogP contribution in [0.4, 0.5) is 17.1 Å². The molecule has 0 spiro atoms. The number of hydrogen-bond donors (Lipinski definition) is 3. The van der Waals surface area contributed by atoms with Gasteiger partial charge in [0.1, 0.15) is 5.75 Å². The highest BCUT2D eigenvalue weighted by molar-refractivity contribution is 7.93. The first-order valence-corrected chi connectivity index (χ1v) is 11.9. The van der Waals surface area contributed by atoms with E-state index in [9.17, 15) is 18.0 Å². The largest absolute Gasteiger partial charge is 0.372 e. The van der Waals surface area contributed by atoms with Crippen LogP contribution in [0.5, 0.6) is 0 Å². The third-order valence-corrected chi connectivity index (χ3v) is 6.45. The summed E-state index contributed by atoms with van der Waals surface area (Å²) in [5, 5.41) is 5.11. The SMILES string of the molecule is CNC(=O)c1cccc(NC(=O)CS(=O)(=O)Nc2ccc(N3CCCCC3)cc2)c1C. The Kier molecular flexibility index (Phi) is 7.17. The minimum atomic E-state index is -3.89. The number of hydrogen-bond acceptors (Lipinski definition) is 5. The number of carbonyl (C=O) groups is 2. The smallest absolute Gasteiger partial charge is 0.251 e. The molecule has 0 atom stereocenters. The van der Waals surface area contributed by atoms with Gasteiger partial charge in [-0.15, -0.1) is 0 Å². The Labute approximate surface area is 183 Å². The minimum absolute atomic E-state index is 0.282. The molecule has 0 aliphatic carbocycles. The first kappa shape index (κ1) is 22.6. The van der Waals surface area contributed by atoms with E-state index in [0.29, 0.717) is 22.5 Å². The highest BCUT2D eigenvalue weighted by atomic mass is 32.2. The number of benzene rings is 2. The van der Waals surface area contributed by atoms with Crippen molar-refractivity contribution in [2.24, 2.45) is 0 Å². The van der Waals surface area contributed by atoms with Crippen LogP contribution in [0.15, 0.2) is 42.5 Å². The zero-order valence-corrected chi connectivity index (χ0v) is 18.6. The first-order valence-electron chi connectivity index (χ1n) is 10.3. The lowest BCUT2D eigenvalue weighted by Crippen LogP contribution is -2.29. The molecular weight excluding hydrogens is 416 g/mol. The Morgan fingerprint density at radius 3 is 2.32 bits per heavy atom. The molecule has 0 saturated carbocycles. The van der Waals surface area contributed by atoms with Gasteiger partial charge in [-0.3, -0.25) is 14.3 Å². The number of carbonyl (C=O) groups excluding carboxylic acids is 2. The molecule has 1 aliphatic rings. The van der Waals surface area contributed by atoms with Gasteiger partial charge in [0.2, 0.25) is 15.9 Å². The molecular formula is C22H28N4O4S. The molecule has 2 aromatic carbocycles. The molecule has 1 heterocycles. The van der Waals surface area contributed by atoms with Crippen molar-refractivity contribution in [1.82, 2.24) is 5.32 Å². The lowest BCUT2D eigenvalue weighted by molar-refractivity contribution is -0.113. The maximum Gasteiger partial charge on any atom is 0.251 e.